The third kappa shape index (κ3) is 4.19. The number of fused-ring (bicyclic) bond motifs is 1. The number of ether oxygens (including phenoxy) is 1. The Hall–Kier alpha value is -2.80. The Morgan fingerprint density at radius 2 is 2.13 bits per heavy atom. The number of carbonyl (C=O) groups is 1. The van der Waals surface area contributed by atoms with Crippen LogP contribution >= 0.6 is 11.6 Å². The first-order valence-electron chi connectivity index (χ1n) is 10.3. The van der Waals surface area contributed by atoms with E-state index in [-0.39, 0.29) is 11.3 Å². The minimum absolute atomic E-state index is 0.125. The molecule has 8 heteroatoms. The summed E-state index contributed by atoms with van der Waals surface area (Å²) in [7, 11) is 1.62. The van der Waals surface area contributed by atoms with Gasteiger partial charge in [0.1, 0.15) is 11.5 Å². The molecule has 1 amide bonds. The highest BCUT2D eigenvalue weighted by Crippen LogP contribution is 2.36. The van der Waals surface area contributed by atoms with Crippen molar-refractivity contribution >= 4 is 23.2 Å². The number of benzene rings is 1. The molecule has 0 bridgehead atoms. The predicted molar refractivity (Wildman–Crippen MR) is 119 cm³/mol. The molecule has 2 heterocycles. The molecule has 164 valence electrons. The van der Waals surface area contributed by atoms with Crippen molar-refractivity contribution in [3.8, 4) is 5.75 Å². The summed E-state index contributed by atoms with van der Waals surface area (Å²) in [5.41, 5.74) is 4.56. The van der Waals surface area contributed by atoms with E-state index in [4.69, 9.17) is 20.9 Å². The van der Waals surface area contributed by atoms with Gasteiger partial charge in [-0.2, -0.15) is 5.10 Å². The van der Waals surface area contributed by atoms with Gasteiger partial charge in [-0.25, -0.2) is 0 Å². The third-order valence-electron chi connectivity index (χ3n) is 5.95. The number of carbonyl (C=O) groups excluding carboxylic acids is 1. The maximum atomic E-state index is 13.1. The molecule has 0 fully saturated rings. The van der Waals surface area contributed by atoms with Crippen LogP contribution in [0, 0.1) is 19.3 Å². The lowest BCUT2D eigenvalue weighted by molar-refractivity contribution is 0.101. The molecule has 1 aliphatic rings. The number of rotatable bonds is 5. The number of hydrogen-bond acceptors (Lipinski definition) is 5. The van der Waals surface area contributed by atoms with Gasteiger partial charge in [-0.05, 0) is 50.3 Å². The van der Waals surface area contributed by atoms with E-state index >= 15 is 0 Å². The Morgan fingerprint density at radius 1 is 1.35 bits per heavy atom. The standard InChI is InChI=1S/C23H27ClN4O3/c1-13-20(14(2)28(26-13)12-15-10-16(24)6-7-18(15)30-5)25-22(29)21-17-11-23(3,4)9-8-19(17)31-27-21/h6-7,10H,8-9,11-12H2,1-5H3,(H,25,29). The molecule has 0 atom stereocenters. The molecule has 3 aromatic rings. The van der Waals surface area contributed by atoms with Crippen LogP contribution in [0.4, 0.5) is 5.69 Å². The number of nitrogens with one attached hydrogen (secondary N) is 1. The predicted octanol–water partition coefficient (Wildman–Crippen LogP) is 4.97. The monoisotopic (exact) mass is 442 g/mol. The van der Waals surface area contributed by atoms with Crippen molar-refractivity contribution in [3.63, 3.8) is 0 Å². The molecule has 0 unspecified atom stereocenters. The molecule has 31 heavy (non-hydrogen) atoms. The fourth-order valence-electron chi connectivity index (χ4n) is 4.16. The zero-order valence-electron chi connectivity index (χ0n) is 18.5. The molecule has 2 aromatic heterocycles. The van der Waals surface area contributed by atoms with Crippen molar-refractivity contribution in [1.29, 1.82) is 0 Å². The Bertz CT molecular complexity index is 1150. The van der Waals surface area contributed by atoms with Gasteiger partial charge in [0, 0.05) is 22.6 Å². The first kappa shape index (κ1) is 21.4. The van der Waals surface area contributed by atoms with Crippen LogP contribution in [0.3, 0.4) is 0 Å². The normalized spacial score (nSPS) is 14.9. The summed E-state index contributed by atoms with van der Waals surface area (Å²) in [4.78, 5) is 13.1. The molecule has 0 saturated carbocycles. The molecule has 0 saturated heterocycles. The average Bonchev–Trinajstić information content (AvgIpc) is 3.23. The van der Waals surface area contributed by atoms with Crippen LogP contribution < -0.4 is 10.1 Å². The van der Waals surface area contributed by atoms with E-state index < -0.39 is 0 Å². The molecule has 1 aliphatic carbocycles. The molecule has 0 aliphatic heterocycles. The van der Waals surface area contributed by atoms with Gasteiger partial charge in [0.05, 0.1) is 30.7 Å². The van der Waals surface area contributed by atoms with E-state index in [1.165, 1.54) is 0 Å². The van der Waals surface area contributed by atoms with E-state index in [2.05, 4.69) is 29.4 Å². The van der Waals surface area contributed by atoms with Crippen LogP contribution in [-0.4, -0.2) is 28.0 Å². The summed E-state index contributed by atoms with van der Waals surface area (Å²) in [5.74, 6) is 1.29. The number of halogens is 1. The van der Waals surface area contributed by atoms with E-state index in [1.54, 1.807) is 13.2 Å². The van der Waals surface area contributed by atoms with E-state index in [0.29, 0.717) is 22.9 Å². The van der Waals surface area contributed by atoms with Crippen molar-refractivity contribution in [2.75, 3.05) is 12.4 Å². The van der Waals surface area contributed by atoms with Gasteiger partial charge < -0.3 is 14.6 Å². The maximum absolute atomic E-state index is 13.1. The minimum atomic E-state index is -0.270. The Kier molecular flexibility index (Phi) is 5.56. The smallest absolute Gasteiger partial charge is 0.278 e. The summed E-state index contributed by atoms with van der Waals surface area (Å²) < 4.78 is 12.7. The highest BCUT2D eigenvalue weighted by molar-refractivity contribution is 6.30. The van der Waals surface area contributed by atoms with Crippen LogP contribution in [-0.2, 0) is 19.4 Å². The number of hydrogen-bond donors (Lipinski definition) is 1. The first-order chi connectivity index (χ1) is 14.7. The van der Waals surface area contributed by atoms with Gasteiger partial charge in [-0.1, -0.05) is 30.6 Å². The first-order valence-corrected chi connectivity index (χ1v) is 10.7. The topological polar surface area (TPSA) is 82.2 Å². The summed E-state index contributed by atoms with van der Waals surface area (Å²) in [6, 6.07) is 5.48. The van der Waals surface area contributed by atoms with E-state index in [0.717, 1.165) is 53.3 Å². The highest BCUT2D eigenvalue weighted by Gasteiger charge is 2.33. The number of aromatic nitrogens is 3. The van der Waals surface area contributed by atoms with Crippen LogP contribution in [0.5, 0.6) is 5.75 Å². The Morgan fingerprint density at radius 3 is 2.87 bits per heavy atom. The van der Waals surface area contributed by atoms with Crippen molar-refractivity contribution in [1.82, 2.24) is 14.9 Å². The van der Waals surface area contributed by atoms with Crippen molar-refractivity contribution in [3.05, 3.63) is 57.2 Å². The molecule has 4 rings (SSSR count). The van der Waals surface area contributed by atoms with E-state index in [9.17, 15) is 4.79 Å². The number of anilines is 1. The summed E-state index contributed by atoms with van der Waals surface area (Å²) in [6.45, 7) is 8.67. The number of amides is 1. The van der Waals surface area contributed by atoms with Gasteiger partial charge in [-0.15, -0.1) is 0 Å². The fourth-order valence-corrected chi connectivity index (χ4v) is 4.35. The van der Waals surface area contributed by atoms with Gasteiger partial charge in [0.25, 0.3) is 5.91 Å². The van der Waals surface area contributed by atoms with Crippen LogP contribution in [0.2, 0.25) is 5.02 Å². The van der Waals surface area contributed by atoms with Gasteiger partial charge in [0.15, 0.2) is 5.69 Å². The van der Waals surface area contributed by atoms with Crippen LogP contribution in [0.25, 0.3) is 0 Å². The molecule has 7 nitrogen and oxygen atoms in total. The van der Waals surface area contributed by atoms with Crippen LogP contribution in [0.1, 0.15) is 59.0 Å². The number of methoxy groups -OCH3 is 1. The molecule has 1 aromatic carbocycles. The molecule has 1 N–H and O–H groups in total. The SMILES string of the molecule is COc1ccc(Cl)cc1Cn1nc(C)c(NC(=O)c2noc3c2CC(C)(C)CC3)c1C. The van der Waals surface area contributed by atoms with Crippen molar-refractivity contribution < 1.29 is 14.1 Å². The van der Waals surface area contributed by atoms with E-state index in [1.807, 2.05) is 30.7 Å². The average molecular weight is 443 g/mol. The Labute approximate surface area is 186 Å². The lowest BCUT2D eigenvalue weighted by atomic mass is 9.76. The Balaban J connectivity index is 1.59. The lowest BCUT2D eigenvalue weighted by Gasteiger charge is -2.28. The molecule has 0 radical (unpaired) electrons. The second kappa shape index (κ2) is 8.04. The third-order valence-corrected chi connectivity index (χ3v) is 6.19. The minimum Gasteiger partial charge on any atom is -0.496 e. The molecule has 0 spiro atoms. The van der Waals surface area contributed by atoms with Gasteiger partial charge in [-0.3, -0.25) is 9.48 Å². The second-order valence-electron chi connectivity index (χ2n) is 8.89. The number of aryl methyl sites for hydroxylation is 2. The zero-order valence-corrected chi connectivity index (χ0v) is 19.3. The summed E-state index contributed by atoms with van der Waals surface area (Å²) in [5, 5.41) is 12.3. The fraction of sp³-hybridized carbons (Fsp3) is 0.435. The van der Waals surface area contributed by atoms with Gasteiger partial charge in [0.2, 0.25) is 0 Å². The molecular formula is C23H27ClN4O3. The van der Waals surface area contributed by atoms with Crippen LogP contribution in [0.15, 0.2) is 22.7 Å². The van der Waals surface area contributed by atoms with Gasteiger partial charge >= 0.3 is 0 Å². The maximum Gasteiger partial charge on any atom is 0.278 e. The largest absolute Gasteiger partial charge is 0.496 e. The van der Waals surface area contributed by atoms with Crippen molar-refractivity contribution in [2.45, 2.75) is 53.5 Å². The van der Waals surface area contributed by atoms with Crippen molar-refractivity contribution in [2.24, 2.45) is 5.41 Å². The summed E-state index contributed by atoms with van der Waals surface area (Å²) in [6.07, 6.45) is 2.61. The summed E-state index contributed by atoms with van der Waals surface area (Å²) >= 11 is 6.16. The zero-order chi connectivity index (χ0) is 22.3. The highest BCUT2D eigenvalue weighted by atomic mass is 35.5. The quantitative estimate of drug-likeness (QED) is 0.603. The second-order valence-corrected chi connectivity index (χ2v) is 9.32. The molecular weight excluding hydrogens is 416 g/mol. The number of nitrogens with zero attached hydrogens (tertiary/aromatic N) is 3. The lowest BCUT2D eigenvalue weighted by Crippen LogP contribution is -2.24.